The Bertz CT molecular complexity index is 914. The third kappa shape index (κ3) is 38.6. The van der Waals surface area contributed by atoms with Crippen molar-refractivity contribution in [2.24, 2.45) is 5.73 Å². The molecule has 0 heterocycles. The van der Waals surface area contributed by atoms with Crippen LogP contribution in [0.5, 0.6) is 0 Å². The van der Waals surface area contributed by atoms with E-state index in [0.717, 1.165) is 30.6 Å². The number of amides is 4. The zero-order chi connectivity index (χ0) is 41.0. The van der Waals surface area contributed by atoms with Crippen molar-refractivity contribution in [2.75, 3.05) is 0 Å². The second-order valence-electron chi connectivity index (χ2n) is 16.7. The largest absolute Gasteiger partial charge is 0.370 e. The van der Waals surface area contributed by atoms with Crippen molar-refractivity contribution in [3.63, 3.8) is 0 Å². The smallest absolute Gasteiger partial charge is 0.236 e. The van der Waals surface area contributed by atoms with Crippen LogP contribution in [0.1, 0.15) is 271 Å². The third-order valence-electron chi connectivity index (χ3n) is 11.1. The minimum Gasteiger partial charge on any atom is -0.370 e. The fourth-order valence-corrected chi connectivity index (χ4v) is 7.44. The quantitative estimate of drug-likeness (QED) is 0.0492. The Morgan fingerprint density at radius 2 is 0.536 bits per heavy atom. The first-order valence-electron chi connectivity index (χ1n) is 24.4. The van der Waals surface area contributed by atoms with E-state index in [4.69, 9.17) is 5.73 Å². The maximum absolute atomic E-state index is 13.2. The highest BCUT2D eigenvalue weighted by molar-refractivity contribution is 6.10. The fraction of sp³-hybridized carbons (Fsp3) is 0.840. The Hall–Kier alpha value is -2.24. The van der Waals surface area contributed by atoms with Gasteiger partial charge in [0.25, 0.3) is 0 Å². The van der Waals surface area contributed by atoms with Gasteiger partial charge in [0.15, 0.2) is 0 Å². The molecule has 0 aliphatic carbocycles. The molecule has 0 aliphatic rings. The zero-order valence-corrected chi connectivity index (χ0v) is 37.3. The summed E-state index contributed by atoms with van der Waals surface area (Å²) < 4.78 is 0. The van der Waals surface area contributed by atoms with E-state index in [-0.39, 0.29) is 37.5 Å². The average Bonchev–Trinajstić information content (AvgIpc) is 3.18. The van der Waals surface area contributed by atoms with Gasteiger partial charge in [0.05, 0.1) is 0 Å². The lowest BCUT2D eigenvalue weighted by molar-refractivity contribution is -0.154. The van der Waals surface area contributed by atoms with E-state index >= 15 is 0 Å². The standard InChI is InChI=1S/C50H92N2O4/c1-3-5-7-9-11-13-15-17-19-21-23-25-27-29-31-33-35-37-39-44-48(54)52(50(56)46-42-41-43-47(51)53)49(55)45-40-38-36-34-32-30-28-26-24-22-20-18-16-14-12-10-8-6-4-2/h17-20H,3-16,21-46H2,1-2H3,(H2,51,53). The number of hydrogen-bond acceptors (Lipinski definition) is 4. The van der Waals surface area contributed by atoms with Crippen LogP contribution in [0.2, 0.25) is 0 Å². The maximum atomic E-state index is 13.2. The number of rotatable bonds is 43. The number of nitrogens with zero attached hydrogens (tertiary/aromatic N) is 1. The van der Waals surface area contributed by atoms with Crippen LogP contribution in [0.15, 0.2) is 24.3 Å². The normalized spacial score (nSPS) is 11.6. The van der Waals surface area contributed by atoms with Crippen molar-refractivity contribution in [2.45, 2.75) is 271 Å². The van der Waals surface area contributed by atoms with E-state index in [2.05, 4.69) is 38.2 Å². The van der Waals surface area contributed by atoms with Gasteiger partial charge in [-0.25, -0.2) is 4.90 Å². The monoisotopic (exact) mass is 785 g/mol. The summed E-state index contributed by atoms with van der Waals surface area (Å²) >= 11 is 0. The molecule has 326 valence electrons. The van der Waals surface area contributed by atoms with Gasteiger partial charge in [-0.1, -0.05) is 192 Å². The van der Waals surface area contributed by atoms with Gasteiger partial charge in [0.2, 0.25) is 23.6 Å². The Morgan fingerprint density at radius 1 is 0.321 bits per heavy atom. The molecule has 0 saturated heterocycles. The number of hydrogen-bond donors (Lipinski definition) is 1. The number of carbonyl (C=O) groups is 4. The summed E-state index contributed by atoms with van der Waals surface area (Å²) in [5.74, 6) is -1.54. The average molecular weight is 785 g/mol. The number of imide groups is 3. The number of primary amides is 1. The van der Waals surface area contributed by atoms with Crippen molar-refractivity contribution < 1.29 is 19.2 Å². The van der Waals surface area contributed by atoms with Gasteiger partial charge >= 0.3 is 0 Å². The minimum absolute atomic E-state index is 0.0930. The van der Waals surface area contributed by atoms with Crippen LogP contribution in [0.3, 0.4) is 0 Å². The number of unbranched alkanes of at least 4 members (excludes halogenated alkanes) is 31. The van der Waals surface area contributed by atoms with Crippen molar-refractivity contribution in [1.29, 1.82) is 0 Å². The second-order valence-corrected chi connectivity index (χ2v) is 16.7. The van der Waals surface area contributed by atoms with E-state index in [0.29, 0.717) is 25.7 Å². The van der Waals surface area contributed by atoms with Gasteiger partial charge in [0, 0.05) is 25.7 Å². The molecular weight excluding hydrogens is 693 g/mol. The molecule has 0 rings (SSSR count). The molecule has 2 N–H and O–H groups in total. The first-order valence-corrected chi connectivity index (χ1v) is 24.4. The van der Waals surface area contributed by atoms with Crippen LogP contribution in [-0.4, -0.2) is 28.5 Å². The predicted octanol–water partition coefficient (Wildman–Crippen LogP) is 15.1. The van der Waals surface area contributed by atoms with E-state index in [9.17, 15) is 19.2 Å². The molecular formula is C50H92N2O4. The summed E-state index contributed by atoms with van der Waals surface area (Å²) in [6.45, 7) is 4.54. The lowest BCUT2D eigenvalue weighted by atomic mass is 10.0. The molecule has 56 heavy (non-hydrogen) atoms. The molecule has 0 aromatic rings. The van der Waals surface area contributed by atoms with E-state index in [1.54, 1.807) is 0 Å². The molecule has 0 aliphatic heterocycles. The van der Waals surface area contributed by atoms with Crippen LogP contribution >= 0.6 is 0 Å². The number of nitrogens with two attached hydrogens (primary N) is 1. The maximum Gasteiger partial charge on any atom is 0.236 e. The minimum atomic E-state index is -0.425. The second kappa shape index (κ2) is 43.9. The van der Waals surface area contributed by atoms with Crippen LogP contribution in [0.4, 0.5) is 0 Å². The summed E-state index contributed by atoms with van der Waals surface area (Å²) in [4.78, 5) is 51.4. The summed E-state index contributed by atoms with van der Waals surface area (Å²) in [6, 6.07) is 0. The Labute approximate surface area is 347 Å². The molecule has 0 radical (unpaired) electrons. The van der Waals surface area contributed by atoms with Crippen LogP contribution in [0, 0.1) is 0 Å². The summed E-state index contributed by atoms with van der Waals surface area (Å²) in [6.07, 6.45) is 53.0. The SMILES string of the molecule is CCCCCCCCC=CCCCCCCCCCCCC(=O)N(C(=O)CCCCCCCCCCCC=CCCCCCCCC)C(=O)CCCCC(N)=O. The highest BCUT2D eigenvalue weighted by Crippen LogP contribution is 2.17. The van der Waals surface area contributed by atoms with E-state index in [1.165, 1.54) is 180 Å². The van der Waals surface area contributed by atoms with Gasteiger partial charge in [-0.2, -0.15) is 0 Å². The molecule has 0 saturated carbocycles. The lowest BCUT2D eigenvalue weighted by Crippen LogP contribution is -2.41. The van der Waals surface area contributed by atoms with Gasteiger partial charge in [-0.3, -0.25) is 19.2 Å². The van der Waals surface area contributed by atoms with Crippen LogP contribution in [-0.2, 0) is 19.2 Å². The van der Waals surface area contributed by atoms with Gasteiger partial charge in [-0.05, 0) is 77.0 Å². The molecule has 0 fully saturated rings. The van der Waals surface area contributed by atoms with Crippen molar-refractivity contribution in [1.82, 2.24) is 4.90 Å². The van der Waals surface area contributed by atoms with Gasteiger partial charge in [-0.15, -0.1) is 0 Å². The topological polar surface area (TPSA) is 97.5 Å². The molecule has 0 aromatic heterocycles. The van der Waals surface area contributed by atoms with Crippen molar-refractivity contribution in [3.8, 4) is 0 Å². The third-order valence-corrected chi connectivity index (χ3v) is 11.1. The van der Waals surface area contributed by atoms with Crippen molar-refractivity contribution >= 4 is 23.6 Å². The molecule has 6 nitrogen and oxygen atoms in total. The Balaban J connectivity index is 4.11. The molecule has 0 atom stereocenters. The van der Waals surface area contributed by atoms with Gasteiger partial charge in [0.1, 0.15) is 0 Å². The molecule has 0 aromatic carbocycles. The number of allylic oxidation sites excluding steroid dienone is 4. The van der Waals surface area contributed by atoms with Crippen LogP contribution in [0.25, 0.3) is 0 Å². The molecule has 0 bridgehead atoms. The predicted molar refractivity (Wildman–Crippen MR) is 240 cm³/mol. The summed E-state index contributed by atoms with van der Waals surface area (Å²) in [5.41, 5.74) is 5.24. The van der Waals surface area contributed by atoms with Crippen molar-refractivity contribution in [3.05, 3.63) is 24.3 Å². The molecule has 0 unspecified atom stereocenters. The fourth-order valence-electron chi connectivity index (χ4n) is 7.44. The van der Waals surface area contributed by atoms with E-state index < -0.39 is 11.8 Å². The highest BCUT2D eigenvalue weighted by atomic mass is 16.2. The Kier molecular flexibility index (Phi) is 42.1. The van der Waals surface area contributed by atoms with Crippen LogP contribution < -0.4 is 5.73 Å². The molecule has 6 heteroatoms. The first-order chi connectivity index (χ1) is 27.4. The Morgan fingerprint density at radius 3 is 0.804 bits per heavy atom. The van der Waals surface area contributed by atoms with Gasteiger partial charge < -0.3 is 5.73 Å². The first kappa shape index (κ1) is 53.8. The number of carbonyl (C=O) groups excluding carboxylic acids is 4. The zero-order valence-electron chi connectivity index (χ0n) is 37.3. The summed E-state index contributed by atoms with van der Waals surface area (Å²) in [5, 5.41) is 0. The lowest BCUT2D eigenvalue weighted by Gasteiger charge is -2.19. The molecule has 4 amide bonds. The highest BCUT2D eigenvalue weighted by Gasteiger charge is 2.27. The summed E-state index contributed by atoms with van der Waals surface area (Å²) in [7, 11) is 0. The van der Waals surface area contributed by atoms with E-state index in [1.807, 2.05) is 0 Å². The molecule has 0 spiro atoms.